The number of aliphatic hydroxyl groups excluding tert-OH is 1. The highest BCUT2D eigenvalue weighted by Crippen LogP contribution is 2.19. The highest BCUT2D eigenvalue weighted by Gasteiger charge is 2.06. The first-order valence-corrected chi connectivity index (χ1v) is 5.76. The maximum Gasteiger partial charge on any atom is 0.150 e. The van der Waals surface area contributed by atoms with Crippen molar-refractivity contribution in [1.82, 2.24) is 0 Å². The quantitative estimate of drug-likeness (QED) is 0.656. The molecule has 0 saturated carbocycles. The predicted molar refractivity (Wildman–Crippen MR) is 71.9 cm³/mol. The topological polar surface area (TPSA) is 37.3 Å². The van der Waals surface area contributed by atoms with E-state index in [-0.39, 0.29) is 0 Å². The Balaban J connectivity index is 2.28. The van der Waals surface area contributed by atoms with Gasteiger partial charge in [-0.3, -0.25) is 4.79 Å². The maximum atomic E-state index is 11.1. The molecule has 2 heteroatoms. The summed E-state index contributed by atoms with van der Waals surface area (Å²) in [4.78, 5) is 11.1. The molecule has 0 aromatic heterocycles. The molecule has 1 N–H and O–H groups in total. The van der Waals surface area contributed by atoms with E-state index in [0.29, 0.717) is 5.57 Å². The van der Waals surface area contributed by atoms with Crippen LogP contribution in [0.3, 0.4) is 0 Å². The Labute approximate surface area is 106 Å². The van der Waals surface area contributed by atoms with Crippen LogP contribution >= 0.6 is 0 Å². The molecule has 2 aromatic carbocycles. The van der Waals surface area contributed by atoms with E-state index in [2.05, 4.69) is 0 Å². The third-order valence-electron chi connectivity index (χ3n) is 2.71. The summed E-state index contributed by atoms with van der Waals surface area (Å²) in [6.07, 6.45) is 1.56. The number of rotatable bonds is 4. The fraction of sp³-hybridized carbons (Fsp3) is 0.0625. The molecule has 90 valence electrons. The van der Waals surface area contributed by atoms with Crippen molar-refractivity contribution in [2.75, 3.05) is 0 Å². The van der Waals surface area contributed by atoms with Crippen molar-refractivity contribution in [1.29, 1.82) is 0 Å². The minimum Gasteiger partial charge on any atom is -0.384 e. The van der Waals surface area contributed by atoms with Crippen LogP contribution < -0.4 is 0 Å². The van der Waals surface area contributed by atoms with Crippen molar-refractivity contribution in [3.8, 4) is 0 Å². The Morgan fingerprint density at radius 2 is 1.50 bits per heavy atom. The van der Waals surface area contributed by atoms with Crippen molar-refractivity contribution in [2.45, 2.75) is 6.10 Å². The lowest BCUT2D eigenvalue weighted by Crippen LogP contribution is -1.95. The molecule has 0 fully saturated rings. The number of hydrogen-bond donors (Lipinski definition) is 1. The maximum absolute atomic E-state index is 11.1. The number of hydrogen-bond acceptors (Lipinski definition) is 2. The SMILES string of the molecule is O=C/C(=C/[C@@H](O)c1ccccc1)c1ccccc1. The van der Waals surface area contributed by atoms with E-state index in [1.165, 1.54) is 0 Å². The summed E-state index contributed by atoms with van der Waals surface area (Å²) in [5, 5.41) is 10.0. The summed E-state index contributed by atoms with van der Waals surface area (Å²) < 4.78 is 0. The average molecular weight is 238 g/mol. The second kappa shape index (κ2) is 5.94. The molecule has 1 atom stereocenters. The van der Waals surface area contributed by atoms with E-state index >= 15 is 0 Å². The number of benzene rings is 2. The van der Waals surface area contributed by atoms with Crippen molar-refractivity contribution in [2.24, 2.45) is 0 Å². The molecule has 0 radical (unpaired) electrons. The molecule has 0 amide bonds. The summed E-state index contributed by atoms with van der Waals surface area (Å²) >= 11 is 0. The summed E-state index contributed by atoms with van der Waals surface area (Å²) in [7, 11) is 0. The number of carbonyl (C=O) groups is 1. The zero-order valence-electron chi connectivity index (χ0n) is 9.86. The second-order valence-corrected chi connectivity index (χ2v) is 3.96. The van der Waals surface area contributed by atoms with Crippen molar-refractivity contribution in [3.05, 3.63) is 77.9 Å². The fourth-order valence-corrected chi connectivity index (χ4v) is 1.75. The lowest BCUT2D eigenvalue weighted by atomic mass is 10.0. The first kappa shape index (κ1) is 12.3. The molecule has 0 aliphatic rings. The molecule has 18 heavy (non-hydrogen) atoms. The van der Waals surface area contributed by atoms with Gasteiger partial charge in [-0.25, -0.2) is 0 Å². The molecule has 0 bridgehead atoms. The predicted octanol–water partition coefficient (Wildman–Crippen LogP) is 3.00. The van der Waals surface area contributed by atoms with E-state index < -0.39 is 6.10 Å². The lowest BCUT2D eigenvalue weighted by Gasteiger charge is -2.07. The van der Waals surface area contributed by atoms with Crippen molar-refractivity contribution in [3.63, 3.8) is 0 Å². The molecule has 2 nitrogen and oxygen atoms in total. The van der Waals surface area contributed by atoms with Gasteiger partial charge in [-0.1, -0.05) is 60.7 Å². The van der Waals surface area contributed by atoms with Gasteiger partial charge in [0, 0.05) is 5.57 Å². The molecule has 0 aliphatic heterocycles. The first-order valence-electron chi connectivity index (χ1n) is 5.76. The van der Waals surface area contributed by atoms with Gasteiger partial charge in [-0.2, -0.15) is 0 Å². The van der Waals surface area contributed by atoms with E-state index in [1.807, 2.05) is 60.7 Å². The van der Waals surface area contributed by atoms with E-state index in [0.717, 1.165) is 17.4 Å². The zero-order valence-corrected chi connectivity index (χ0v) is 9.86. The number of carbonyl (C=O) groups excluding carboxylic acids is 1. The van der Waals surface area contributed by atoms with Gasteiger partial charge in [-0.05, 0) is 17.2 Å². The Hall–Kier alpha value is -2.19. The van der Waals surface area contributed by atoms with Crippen LogP contribution in [0.4, 0.5) is 0 Å². The molecular weight excluding hydrogens is 224 g/mol. The van der Waals surface area contributed by atoms with Crippen LogP contribution in [0, 0.1) is 0 Å². The summed E-state index contributed by atoms with van der Waals surface area (Å²) in [5.74, 6) is 0. The van der Waals surface area contributed by atoms with Gasteiger partial charge >= 0.3 is 0 Å². The third-order valence-corrected chi connectivity index (χ3v) is 2.71. The highest BCUT2D eigenvalue weighted by atomic mass is 16.3. The standard InChI is InChI=1S/C16H14O2/c17-12-15(13-7-3-1-4-8-13)11-16(18)14-9-5-2-6-10-14/h1-12,16,18H/b15-11-/t16-/m1/s1. The van der Waals surface area contributed by atoms with Crippen LogP contribution in [0.5, 0.6) is 0 Å². The van der Waals surface area contributed by atoms with E-state index in [4.69, 9.17) is 0 Å². The van der Waals surface area contributed by atoms with Crippen LogP contribution in [0.2, 0.25) is 0 Å². The fourth-order valence-electron chi connectivity index (χ4n) is 1.75. The Morgan fingerprint density at radius 3 is 2.06 bits per heavy atom. The highest BCUT2D eigenvalue weighted by molar-refractivity contribution is 6.06. The van der Waals surface area contributed by atoms with Gasteiger partial charge in [0.15, 0.2) is 0 Å². The largest absolute Gasteiger partial charge is 0.384 e. The van der Waals surface area contributed by atoms with Gasteiger partial charge in [0.2, 0.25) is 0 Å². The molecule has 2 aromatic rings. The normalized spacial score (nSPS) is 13.1. The molecule has 0 unspecified atom stereocenters. The lowest BCUT2D eigenvalue weighted by molar-refractivity contribution is -0.103. The Morgan fingerprint density at radius 1 is 0.944 bits per heavy atom. The first-order chi connectivity index (χ1) is 8.81. The summed E-state index contributed by atoms with van der Waals surface area (Å²) in [5.41, 5.74) is 2.07. The van der Waals surface area contributed by atoms with Crippen LogP contribution in [-0.4, -0.2) is 11.4 Å². The minimum absolute atomic E-state index is 0.493. The molecular formula is C16H14O2. The molecule has 2 rings (SSSR count). The van der Waals surface area contributed by atoms with Gasteiger partial charge in [0.25, 0.3) is 0 Å². The zero-order chi connectivity index (χ0) is 12.8. The van der Waals surface area contributed by atoms with Crippen LogP contribution in [0.15, 0.2) is 66.7 Å². The summed E-state index contributed by atoms with van der Waals surface area (Å²) in [6, 6.07) is 18.6. The van der Waals surface area contributed by atoms with Gasteiger partial charge in [0.1, 0.15) is 6.29 Å². The molecule has 0 heterocycles. The van der Waals surface area contributed by atoms with Gasteiger partial charge in [0.05, 0.1) is 6.10 Å². The van der Waals surface area contributed by atoms with E-state index in [1.54, 1.807) is 6.08 Å². The van der Waals surface area contributed by atoms with Crippen LogP contribution in [0.1, 0.15) is 17.2 Å². The average Bonchev–Trinajstić information content (AvgIpc) is 2.46. The van der Waals surface area contributed by atoms with Gasteiger partial charge < -0.3 is 5.11 Å². The van der Waals surface area contributed by atoms with Crippen LogP contribution in [-0.2, 0) is 4.79 Å². The Bertz CT molecular complexity index is 530. The van der Waals surface area contributed by atoms with Crippen LogP contribution in [0.25, 0.3) is 5.57 Å². The third kappa shape index (κ3) is 2.93. The smallest absolute Gasteiger partial charge is 0.150 e. The molecule has 0 aliphatic carbocycles. The molecule has 0 saturated heterocycles. The number of aldehydes is 1. The molecule has 0 spiro atoms. The van der Waals surface area contributed by atoms with Crippen molar-refractivity contribution >= 4 is 11.9 Å². The monoisotopic (exact) mass is 238 g/mol. The van der Waals surface area contributed by atoms with E-state index in [9.17, 15) is 9.90 Å². The van der Waals surface area contributed by atoms with Gasteiger partial charge in [-0.15, -0.1) is 0 Å². The van der Waals surface area contributed by atoms with Crippen molar-refractivity contribution < 1.29 is 9.90 Å². The Kier molecular flexibility index (Phi) is 4.05. The minimum atomic E-state index is -0.772. The second-order valence-electron chi connectivity index (χ2n) is 3.96. The summed E-state index contributed by atoms with van der Waals surface area (Å²) in [6.45, 7) is 0. The number of aliphatic hydroxyl groups is 1. The number of allylic oxidation sites excluding steroid dienone is 1.